The Morgan fingerprint density at radius 3 is 2.33 bits per heavy atom. The molecule has 2 aromatic rings. The average molecular weight is 282 g/mol. The maximum atomic E-state index is 11.3. The highest BCUT2D eigenvalue weighted by Crippen LogP contribution is 2.27. The lowest BCUT2D eigenvalue weighted by molar-refractivity contribution is -0.130. The van der Waals surface area contributed by atoms with Gasteiger partial charge in [0.25, 0.3) is 0 Å². The lowest BCUT2D eigenvalue weighted by atomic mass is 9.97. The first-order valence-electron chi connectivity index (χ1n) is 6.75. The minimum absolute atomic E-state index is 0.210. The molecule has 0 saturated carbocycles. The Morgan fingerprint density at radius 1 is 1.10 bits per heavy atom. The Balaban J connectivity index is 2.43. The van der Waals surface area contributed by atoms with E-state index in [-0.39, 0.29) is 6.10 Å². The summed E-state index contributed by atoms with van der Waals surface area (Å²) < 4.78 is 5.58. The Labute approximate surface area is 124 Å². The van der Waals surface area contributed by atoms with E-state index >= 15 is 0 Å². The van der Waals surface area contributed by atoms with Crippen molar-refractivity contribution in [3.8, 4) is 0 Å². The van der Waals surface area contributed by atoms with Crippen LogP contribution in [0, 0.1) is 0 Å². The molecule has 0 aromatic heterocycles. The predicted molar refractivity (Wildman–Crippen MR) is 83.0 cm³/mol. The van der Waals surface area contributed by atoms with Gasteiger partial charge in [-0.3, -0.25) is 0 Å². The van der Waals surface area contributed by atoms with Gasteiger partial charge < -0.3 is 9.84 Å². The lowest BCUT2D eigenvalue weighted by Gasteiger charge is -2.17. The van der Waals surface area contributed by atoms with Crippen molar-refractivity contribution in [1.29, 1.82) is 0 Å². The van der Waals surface area contributed by atoms with Gasteiger partial charge in [0, 0.05) is 7.11 Å². The molecule has 0 aliphatic carbocycles. The second kappa shape index (κ2) is 6.86. The fourth-order valence-electron chi connectivity index (χ4n) is 2.38. The maximum absolute atomic E-state index is 11.3. The molecular weight excluding hydrogens is 264 g/mol. The van der Waals surface area contributed by atoms with Gasteiger partial charge in [-0.15, -0.1) is 0 Å². The van der Waals surface area contributed by atoms with E-state index in [9.17, 15) is 9.90 Å². The van der Waals surface area contributed by atoms with Crippen LogP contribution in [-0.2, 0) is 9.53 Å². The molecule has 2 aromatic carbocycles. The molecule has 0 aliphatic heterocycles. The average Bonchev–Trinajstić information content (AvgIpc) is 2.50. The van der Waals surface area contributed by atoms with Crippen molar-refractivity contribution in [1.82, 2.24) is 0 Å². The number of allylic oxidation sites excluding steroid dienone is 1. The first-order chi connectivity index (χ1) is 10.2. The van der Waals surface area contributed by atoms with Crippen molar-refractivity contribution >= 4 is 11.5 Å². The Kier molecular flexibility index (Phi) is 4.90. The van der Waals surface area contributed by atoms with Gasteiger partial charge in [0.05, 0.1) is 5.57 Å². The van der Waals surface area contributed by atoms with E-state index in [0.717, 1.165) is 11.1 Å². The number of hydrogen-bond donors (Lipinski definition) is 1. The molecule has 0 heterocycles. The van der Waals surface area contributed by atoms with E-state index in [1.165, 1.54) is 0 Å². The summed E-state index contributed by atoms with van der Waals surface area (Å²) in [7, 11) is 1.65. The number of carbonyl (C=O) groups is 1. The molecule has 1 unspecified atom stereocenters. The van der Waals surface area contributed by atoms with E-state index in [4.69, 9.17) is 4.74 Å². The third-order valence-corrected chi connectivity index (χ3v) is 3.36. The first-order valence-corrected chi connectivity index (χ1v) is 6.75. The van der Waals surface area contributed by atoms with Gasteiger partial charge in [-0.1, -0.05) is 54.6 Å². The van der Waals surface area contributed by atoms with Crippen molar-refractivity contribution in [3.05, 3.63) is 77.4 Å². The SMILES string of the molecule is CC=C(C(=O)O)c1cccc(C(OC)c2ccccc2)c1. The van der Waals surface area contributed by atoms with Crippen LogP contribution >= 0.6 is 0 Å². The normalized spacial score (nSPS) is 13.0. The highest BCUT2D eigenvalue weighted by atomic mass is 16.5. The summed E-state index contributed by atoms with van der Waals surface area (Å²) in [5.41, 5.74) is 2.94. The number of methoxy groups -OCH3 is 1. The summed E-state index contributed by atoms with van der Waals surface area (Å²) in [6.07, 6.45) is 1.39. The van der Waals surface area contributed by atoms with Crippen LogP contribution in [0.15, 0.2) is 60.7 Å². The second-order valence-electron chi connectivity index (χ2n) is 4.66. The quantitative estimate of drug-likeness (QED) is 0.846. The van der Waals surface area contributed by atoms with E-state index in [1.54, 1.807) is 26.2 Å². The minimum atomic E-state index is -0.927. The fraction of sp³-hybridized carbons (Fsp3) is 0.167. The van der Waals surface area contributed by atoms with E-state index < -0.39 is 5.97 Å². The molecule has 0 spiro atoms. The van der Waals surface area contributed by atoms with Gasteiger partial charge in [0.15, 0.2) is 0 Å². The summed E-state index contributed by atoms with van der Waals surface area (Å²) in [4.78, 5) is 11.3. The first kappa shape index (κ1) is 15.0. The highest BCUT2D eigenvalue weighted by Gasteiger charge is 2.15. The molecule has 21 heavy (non-hydrogen) atoms. The van der Waals surface area contributed by atoms with Gasteiger partial charge in [0.2, 0.25) is 0 Å². The third kappa shape index (κ3) is 3.38. The van der Waals surface area contributed by atoms with Gasteiger partial charge in [-0.25, -0.2) is 4.79 Å². The van der Waals surface area contributed by atoms with Crippen molar-refractivity contribution in [2.24, 2.45) is 0 Å². The lowest BCUT2D eigenvalue weighted by Crippen LogP contribution is -2.05. The number of rotatable bonds is 5. The molecule has 108 valence electrons. The largest absolute Gasteiger partial charge is 0.478 e. The number of carboxylic acid groups (broad SMARTS) is 1. The minimum Gasteiger partial charge on any atom is -0.478 e. The number of hydrogen-bond acceptors (Lipinski definition) is 2. The molecule has 0 radical (unpaired) electrons. The topological polar surface area (TPSA) is 46.5 Å². The molecule has 0 fully saturated rings. The Hall–Kier alpha value is -2.39. The molecule has 0 saturated heterocycles. The summed E-state index contributed by atoms with van der Waals surface area (Å²) in [6, 6.07) is 17.3. The molecule has 0 amide bonds. The molecule has 2 rings (SSSR count). The zero-order valence-corrected chi connectivity index (χ0v) is 12.1. The zero-order chi connectivity index (χ0) is 15.2. The van der Waals surface area contributed by atoms with Gasteiger partial charge in [0.1, 0.15) is 6.10 Å². The Bertz CT molecular complexity index is 645. The second-order valence-corrected chi connectivity index (χ2v) is 4.66. The molecule has 1 N–H and O–H groups in total. The van der Waals surface area contributed by atoms with Crippen LogP contribution in [0.1, 0.15) is 29.7 Å². The van der Waals surface area contributed by atoms with E-state index in [1.807, 2.05) is 48.5 Å². The van der Waals surface area contributed by atoms with Crippen LogP contribution in [-0.4, -0.2) is 18.2 Å². The van der Waals surface area contributed by atoms with Gasteiger partial charge in [-0.05, 0) is 29.7 Å². The number of benzene rings is 2. The van der Waals surface area contributed by atoms with Crippen LogP contribution in [0.5, 0.6) is 0 Å². The van der Waals surface area contributed by atoms with Crippen molar-refractivity contribution in [2.75, 3.05) is 7.11 Å². The van der Waals surface area contributed by atoms with Gasteiger partial charge in [-0.2, -0.15) is 0 Å². The van der Waals surface area contributed by atoms with E-state index in [2.05, 4.69) is 0 Å². The standard InChI is InChI=1S/C18H18O3/c1-3-16(18(19)20)14-10-7-11-15(12-14)17(21-2)13-8-5-4-6-9-13/h3-12,17H,1-2H3,(H,19,20). The molecule has 3 nitrogen and oxygen atoms in total. The van der Waals surface area contributed by atoms with Crippen LogP contribution in [0.25, 0.3) is 5.57 Å². The molecular formula is C18H18O3. The summed E-state index contributed by atoms with van der Waals surface area (Å²) in [6.45, 7) is 1.72. The predicted octanol–water partition coefficient (Wildman–Crippen LogP) is 3.91. The van der Waals surface area contributed by atoms with Crippen molar-refractivity contribution < 1.29 is 14.6 Å². The smallest absolute Gasteiger partial charge is 0.335 e. The van der Waals surface area contributed by atoms with Gasteiger partial charge >= 0.3 is 5.97 Å². The summed E-state index contributed by atoms with van der Waals surface area (Å²) in [5, 5.41) is 9.23. The number of carboxylic acids is 1. The summed E-state index contributed by atoms with van der Waals surface area (Å²) in [5.74, 6) is -0.927. The van der Waals surface area contributed by atoms with Crippen LogP contribution in [0.4, 0.5) is 0 Å². The highest BCUT2D eigenvalue weighted by molar-refractivity contribution is 6.15. The van der Waals surface area contributed by atoms with Crippen molar-refractivity contribution in [2.45, 2.75) is 13.0 Å². The fourth-order valence-corrected chi connectivity index (χ4v) is 2.38. The maximum Gasteiger partial charge on any atom is 0.335 e. The molecule has 1 atom stereocenters. The number of ether oxygens (including phenoxy) is 1. The van der Waals surface area contributed by atoms with Crippen LogP contribution in [0.3, 0.4) is 0 Å². The van der Waals surface area contributed by atoms with Crippen molar-refractivity contribution in [3.63, 3.8) is 0 Å². The molecule has 0 aliphatic rings. The number of aliphatic carboxylic acids is 1. The molecule has 0 bridgehead atoms. The zero-order valence-electron chi connectivity index (χ0n) is 12.1. The third-order valence-electron chi connectivity index (χ3n) is 3.36. The molecule has 3 heteroatoms. The summed E-state index contributed by atoms with van der Waals surface area (Å²) >= 11 is 0. The monoisotopic (exact) mass is 282 g/mol. The Morgan fingerprint density at radius 2 is 1.76 bits per heavy atom. The van der Waals surface area contributed by atoms with E-state index in [0.29, 0.717) is 11.1 Å². The van der Waals surface area contributed by atoms with Crippen LogP contribution in [0.2, 0.25) is 0 Å². The van der Waals surface area contributed by atoms with Crippen LogP contribution < -0.4 is 0 Å².